The van der Waals surface area contributed by atoms with Crippen molar-refractivity contribution in [2.45, 2.75) is 20.8 Å². The average molecular weight is 345 g/mol. The molecule has 0 radical (unpaired) electrons. The lowest BCUT2D eigenvalue weighted by Gasteiger charge is -2.20. The van der Waals surface area contributed by atoms with E-state index in [1.54, 1.807) is 0 Å². The van der Waals surface area contributed by atoms with Crippen LogP contribution in [-0.2, 0) is 4.79 Å². The molecule has 0 aliphatic heterocycles. The Kier molecular flexibility index (Phi) is 5.36. The summed E-state index contributed by atoms with van der Waals surface area (Å²) in [5.41, 5.74) is 3.10. The SMILES string of the molecule is Cc1cc(C)c(NC(=O)CN(C)c2cccc(F)c2[N+](=O)[O-])c(C)c1. The molecule has 0 heterocycles. The number of carbonyl (C=O) groups excluding carboxylic acids is 1. The van der Waals surface area contributed by atoms with Crippen molar-refractivity contribution in [3.05, 3.63) is 63.0 Å². The van der Waals surface area contributed by atoms with Gasteiger partial charge in [-0.25, -0.2) is 0 Å². The highest BCUT2D eigenvalue weighted by atomic mass is 19.1. The molecular weight excluding hydrogens is 325 g/mol. The third-order valence-electron chi connectivity index (χ3n) is 3.88. The molecule has 25 heavy (non-hydrogen) atoms. The van der Waals surface area contributed by atoms with E-state index in [9.17, 15) is 19.3 Å². The fourth-order valence-corrected chi connectivity index (χ4v) is 2.85. The summed E-state index contributed by atoms with van der Waals surface area (Å²) >= 11 is 0. The second-order valence-electron chi connectivity index (χ2n) is 6.04. The molecule has 0 aromatic heterocycles. The highest BCUT2D eigenvalue weighted by molar-refractivity contribution is 5.95. The molecule has 1 N–H and O–H groups in total. The second kappa shape index (κ2) is 7.29. The van der Waals surface area contributed by atoms with Gasteiger partial charge < -0.3 is 10.2 Å². The van der Waals surface area contributed by atoms with Gasteiger partial charge in [0.15, 0.2) is 0 Å². The minimum atomic E-state index is -0.931. The Morgan fingerprint density at radius 1 is 1.24 bits per heavy atom. The van der Waals surface area contributed by atoms with Crippen LogP contribution in [0.2, 0.25) is 0 Å². The Morgan fingerprint density at radius 3 is 2.40 bits per heavy atom. The molecule has 0 spiro atoms. The molecule has 2 aromatic carbocycles. The van der Waals surface area contributed by atoms with Gasteiger partial charge in [-0.05, 0) is 44.0 Å². The van der Waals surface area contributed by atoms with Crippen molar-refractivity contribution in [3.63, 3.8) is 0 Å². The highest BCUT2D eigenvalue weighted by Gasteiger charge is 2.23. The van der Waals surface area contributed by atoms with Gasteiger partial charge in [0.1, 0.15) is 5.69 Å². The highest BCUT2D eigenvalue weighted by Crippen LogP contribution is 2.30. The Morgan fingerprint density at radius 2 is 1.84 bits per heavy atom. The molecule has 132 valence electrons. The summed E-state index contributed by atoms with van der Waals surface area (Å²) in [5.74, 6) is -1.27. The lowest BCUT2D eigenvalue weighted by molar-refractivity contribution is -0.386. The van der Waals surface area contributed by atoms with E-state index in [2.05, 4.69) is 5.32 Å². The minimum Gasteiger partial charge on any atom is -0.360 e. The number of nitrogens with one attached hydrogen (secondary N) is 1. The number of hydrogen-bond acceptors (Lipinski definition) is 4. The number of aryl methyl sites for hydroxylation is 3. The zero-order valence-electron chi connectivity index (χ0n) is 14.6. The maximum Gasteiger partial charge on any atom is 0.327 e. The van der Waals surface area contributed by atoms with Gasteiger partial charge in [0.25, 0.3) is 0 Å². The van der Waals surface area contributed by atoms with E-state index < -0.39 is 16.4 Å². The van der Waals surface area contributed by atoms with Crippen LogP contribution in [0, 0.1) is 36.7 Å². The van der Waals surface area contributed by atoms with E-state index in [0.29, 0.717) is 0 Å². The lowest BCUT2D eigenvalue weighted by atomic mass is 10.1. The first-order valence-electron chi connectivity index (χ1n) is 7.72. The van der Waals surface area contributed by atoms with Crippen LogP contribution in [0.25, 0.3) is 0 Å². The first-order chi connectivity index (χ1) is 11.7. The van der Waals surface area contributed by atoms with Gasteiger partial charge >= 0.3 is 5.69 Å². The van der Waals surface area contributed by atoms with E-state index in [1.807, 2.05) is 32.9 Å². The average Bonchev–Trinajstić information content (AvgIpc) is 2.50. The number of nitro benzene ring substituents is 1. The van der Waals surface area contributed by atoms with E-state index in [0.717, 1.165) is 28.4 Å². The molecule has 0 saturated heterocycles. The fraction of sp³-hybridized carbons (Fsp3) is 0.278. The number of hydrogen-bond donors (Lipinski definition) is 1. The molecule has 0 atom stereocenters. The third kappa shape index (κ3) is 4.12. The molecule has 0 aliphatic carbocycles. The van der Waals surface area contributed by atoms with Crippen molar-refractivity contribution < 1.29 is 14.1 Å². The summed E-state index contributed by atoms with van der Waals surface area (Å²) in [6, 6.07) is 7.74. The molecule has 7 heteroatoms. The van der Waals surface area contributed by atoms with Crippen molar-refractivity contribution >= 4 is 23.0 Å². The van der Waals surface area contributed by atoms with Crippen LogP contribution >= 0.6 is 0 Å². The molecule has 0 saturated carbocycles. The summed E-state index contributed by atoms with van der Waals surface area (Å²) in [4.78, 5) is 24.0. The molecule has 6 nitrogen and oxygen atoms in total. The molecule has 0 unspecified atom stereocenters. The number of benzene rings is 2. The second-order valence-corrected chi connectivity index (χ2v) is 6.04. The number of halogens is 1. The first kappa shape index (κ1) is 18.4. The van der Waals surface area contributed by atoms with E-state index >= 15 is 0 Å². The number of rotatable bonds is 5. The Bertz CT molecular complexity index is 813. The van der Waals surface area contributed by atoms with Gasteiger partial charge in [-0.1, -0.05) is 23.8 Å². The lowest BCUT2D eigenvalue weighted by Crippen LogP contribution is -2.31. The molecule has 2 rings (SSSR count). The number of nitrogens with zero attached hydrogens (tertiary/aromatic N) is 2. The van der Waals surface area contributed by atoms with E-state index in [4.69, 9.17) is 0 Å². The predicted octanol–water partition coefficient (Wildman–Crippen LogP) is 3.73. The van der Waals surface area contributed by atoms with Crippen LogP contribution in [0.15, 0.2) is 30.3 Å². The van der Waals surface area contributed by atoms with Gasteiger partial charge in [-0.15, -0.1) is 0 Å². The molecule has 0 bridgehead atoms. The summed E-state index contributed by atoms with van der Waals surface area (Å²) in [6.45, 7) is 5.63. The molecule has 2 aromatic rings. The van der Waals surface area contributed by atoms with Crippen LogP contribution in [0.3, 0.4) is 0 Å². The summed E-state index contributed by atoms with van der Waals surface area (Å²) < 4.78 is 13.7. The number of anilines is 2. The van der Waals surface area contributed by atoms with Crippen LogP contribution < -0.4 is 10.2 Å². The Balaban J connectivity index is 2.20. The van der Waals surface area contributed by atoms with Gasteiger partial charge in [0.2, 0.25) is 11.7 Å². The van der Waals surface area contributed by atoms with Crippen molar-refractivity contribution in [2.24, 2.45) is 0 Å². The fourth-order valence-electron chi connectivity index (χ4n) is 2.85. The topological polar surface area (TPSA) is 75.5 Å². The van der Waals surface area contributed by atoms with Crippen molar-refractivity contribution in [1.29, 1.82) is 0 Å². The molecule has 1 amide bonds. The van der Waals surface area contributed by atoms with Gasteiger partial charge in [-0.3, -0.25) is 14.9 Å². The predicted molar refractivity (Wildman–Crippen MR) is 95.6 cm³/mol. The normalized spacial score (nSPS) is 10.4. The van der Waals surface area contributed by atoms with Crippen molar-refractivity contribution in [1.82, 2.24) is 0 Å². The molecule has 0 fully saturated rings. The summed E-state index contributed by atoms with van der Waals surface area (Å²) in [6.07, 6.45) is 0. The summed E-state index contributed by atoms with van der Waals surface area (Å²) in [7, 11) is 1.51. The summed E-state index contributed by atoms with van der Waals surface area (Å²) in [5, 5.41) is 13.9. The Labute approximate surface area is 145 Å². The van der Waals surface area contributed by atoms with Crippen LogP contribution in [-0.4, -0.2) is 24.4 Å². The number of para-hydroxylation sites is 1. The number of amides is 1. The van der Waals surface area contributed by atoms with Crippen molar-refractivity contribution in [3.8, 4) is 0 Å². The Hall–Kier alpha value is -2.96. The third-order valence-corrected chi connectivity index (χ3v) is 3.88. The monoisotopic (exact) mass is 345 g/mol. The standard InChI is InChI=1S/C18H20FN3O3/c1-11-8-12(2)17(13(3)9-11)20-16(23)10-21(4)15-7-5-6-14(19)18(15)22(24)25/h5-9H,10H2,1-4H3,(H,20,23). The van der Waals surface area contributed by atoms with Crippen LogP contribution in [0.1, 0.15) is 16.7 Å². The maximum atomic E-state index is 13.7. The van der Waals surface area contributed by atoms with Gasteiger partial charge in [0.05, 0.1) is 11.5 Å². The van der Waals surface area contributed by atoms with Crippen LogP contribution in [0.4, 0.5) is 21.5 Å². The molecular formula is C18H20FN3O3. The number of nitro groups is 1. The molecule has 0 aliphatic rings. The quantitative estimate of drug-likeness (QED) is 0.662. The largest absolute Gasteiger partial charge is 0.360 e. The zero-order chi connectivity index (χ0) is 18.7. The number of likely N-dealkylation sites (N-methyl/N-ethyl adjacent to an activating group) is 1. The maximum absolute atomic E-state index is 13.7. The first-order valence-corrected chi connectivity index (χ1v) is 7.72. The zero-order valence-corrected chi connectivity index (χ0v) is 14.6. The van der Waals surface area contributed by atoms with E-state index in [-0.39, 0.29) is 18.1 Å². The number of carbonyl (C=O) groups is 1. The van der Waals surface area contributed by atoms with Crippen LogP contribution in [0.5, 0.6) is 0 Å². The van der Waals surface area contributed by atoms with Gasteiger partial charge in [0, 0.05) is 12.7 Å². The van der Waals surface area contributed by atoms with E-state index in [1.165, 1.54) is 24.1 Å². The van der Waals surface area contributed by atoms with Crippen molar-refractivity contribution in [2.75, 3.05) is 23.8 Å². The van der Waals surface area contributed by atoms with Gasteiger partial charge in [-0.2, -0.15) is 4.39 Å². The minimum absolute atomic E-state index is 0.0532. The smallest absolute Gasteiger partial charge is 0.327 e.